The highest BCUT2D eigenvalue weighted by Crippen LogP contribution is 2.37. The molecule has 148 valence electrons. The van der Waals surface area contributed by atoms with Gasteiger partial charge in [0, 0.05) is 17.2 Å². The van der Waals surface area contributed by atoms with Gasteiger partial charge in [0.05, 0.1) is 12.3 Å². The van der Waals surface area contributed by atoms with Crippen LogP contribution in [0.1, 0.15) is 33.2 Å². The van der Waals surface area contributed by atoms with Crippen molar-refractivity contribution in [3.8, 4) is 11.5 Å². The van der Waals surface area contributed by atoms with E-state index in [1.54, 1.807) is 0 Å². The van der Waals surface area contributed by atoms with E-state index in [0.29, 0.717) is 17.1 Å². The van der Waals surface area contributed by atoms with Crippen LogP contribution in [0.15, 0.2) is 36.4 Å². The lowest BCUT2D eigenvalue weighted by Gasteiger charge is -2.11. The molecular weight excluding hydrogens is 379 g/mol. The van der Waals surface area contributed by atoms with Crippen LogP contribution in [0.5, 0.6) is 11.5 Å². The summed E-state index contributed by atoms with van der Waals surface area (Å²) in [5.41, 5.74) is 1.31. The van der Waals surface area contributed by atoms with Crippen LogP contribution in [0, 0.1) is 0 Å². The quantitative estimate of drug-likeness (QED) is 0.750. The molecule has 6 nitrogen and oxygen atoms in total. The summed E-state index contributed by atoms with van der Waals surface area (Å²) in [7, 11) is 0. The Labute approximate surface area is 158 Å². The summed E-state index contributed by atoms with van der Waals surface area (Å²) in [6.45, 7) is -0.171. The van der Waals surface area contributed by atoms with Crippen LogP contribution in [0.25, 0.3) is 0 Å². The van der Waals surface area contributed by atoms with E-state index < -0.39 is 18.7 Å². The van der Waals surface area contributed by atoms with Crippen LogP contribution < -0.4 is 14.8 Å². The molecule has 28 heavy (non-hydrogen) atoms. The Morgan fingerprint density at radius 3 is 2.36 bits per heavy atom. The lowest BCUT2D eigenvalue weighted by Crippen LogP contribution is -2.17. The maximum absolute atomic E-state index is 12.5. The van der Waals surface area contributed by atoms with E-state index in [9.17, 15) is 22.8 Å². The van der Waals surface area contributed by atoms with Gasteiger partial charge in [-0.2, -0.15) is 13.2 Å². The van der Waals surface area contributed by atoms with E-state index in [1.807, 2.05) is 0 Å². The van der Waals surface area contributed by atoms with E-state index in [1.165, 1.54) is 43.3 Å². The van der Waals surface area contributed by atoms with Gasteiger partial charge in [0.25, 0.3) is 5.91 Å². The number of benzene rings is 2. The zero-order valence-electron chi connectivity index (χ0n) is 14.8. The van der Waals surface area contributed by atoms with Crippen molar-refractivity contribution in [1.29, 1.82) is 0 Å². The van der Waals surface area contributed by atoms with Crippen molar-refractivity contribution in [3.63, 3.8) is 0 Å². The standard InChI is InChI=1S/C19H16F3NO5/c1-11(24)14-6-16-17(28-10-27-16)7-15(14)23-18(25)13-4-2-12(3-5-13)8-26-9-19(20,21)22/h2-7H,8-10H2,1H3,(H,23,25). The molecular formula is C19H16F3NO5. The molecule has 2 aromatic rings. The van der Waals surface area contributed by atoms with Gasteiger partial charge in [0.15, 0.2) is 17.3 Å². The van der Waals surface area contributed by atoms with Crippen LogP contribution in [0.3, 0.4) is 0 Å². The van der Waals surface area contributed by atoms with Crippen molar-refractivity contribution >= 4 is 17.4 Å². The van der Waals surface area contributed by atoms with Gasteiger partial charge in [-0.1, -0.05) is 12.1 Å². The van der Waals surface area contributed by atoms with E-state index >= 15 is 0 Å². The number of nitrogens with one attached hydrogen (secondary N) is 1. The van der Waals surface area contributed by atoms with Crippen LogP contribution in [-0.2, 0) is 11.3 Å². The minimum atomic E-state index is -4.39. The first-order valence-corrected chi connectivity index (χ1v) is 8.22. The molecule has 9 heteroatoms. The number of Topliss-reactive ketones (excluding diaryl/α,β-unsaturated/α-hetero) is 1. The molecule has 3 rings (SSSR count). The Hall–Kier alpha value is -3.07. The number of carbonyl (C=O) groups is 2. The average Bonchev–Trinajstić information content (AvgIpc) is 3.07. The lowest BCUT2D eigenvalue weighted by atomic mass is 10.1. The summed E-state index contributed by atoms with van der Waals surface area (Å²) < 4.78 is 51.3. The largest absolute Gasteiger partial charge is 0.454 e. The third-order valence-electron chi connectivity index (χ3n) is 3.89. The van der Waals surface area contributed by atoms with Crippen LogP contribution in [0.2, 0.25) is 0 Å². The van der Waals surface area contributed by atoms with E-state index in [4.69, 9.17) is 9.47 Å². The maximum atomic E-state index is 12.5. The number of fused-ring (bicyclic) bond motifs is 1. The monoisotopic (exact) mass is 395 g/mol. The van der Waals surface area contributed by atoms with Gasteiger partial charge in [0.2, 0.25) is 6.79 Å². The predicted molar refractivity (Wildman–Crippen MR) is 92.7 cm³/mol. The van der Waals surface area contributed by atoms with Gasteiger partial charge >= 0.3 is 6.18 Å². The molecule has 1 amide bonds. The molecule has 0 saturated heterocycles. The first-order chi connectivity index (χ1) is 13.2. The third-order valence-corrected chi connectivity index (χ3v) is 3.89. The summed E-state index contributed by atoms with van der Waals surface area (Å²) >= 11 is 0. The second kappa shape index (κ2) is 7.89. The zero-order valence-corrected chi connectivity index (χ0v) is 14.8. The fourth-order valence-electron chi connectivity index (χ4n) is 2.57. The number of ether oxygens (including phenoxy) is 3. The second-order valence-electron chi connectivity index (χ2n) is 6.07. The van der Waals surface area contributed by atoms with Crippen molar-refractivity contribution in [1.82, 2.24) is 0 Å². The minimum absolute atomic E-state index is 0.0297. The molecule has 0 saturated carbocycles. The van der Waals surface area contributed by atoms with E-state index in [-0.39, 0.29) is 36.0 Å². The van der Waals surface area contributed by atoms with Gasteiger partial charge in [-0.3, -0.25) is 9.59 Å². The Morgan fingerprint density at radius 2 is 1.75 bits per heavy atom. The van der Waals surface area contributed by atoms with Gasteiger partial charge in [-0.25, -0.2) is 0 Å². The molecule has 2 aromatic carbocycles. The van der Waals surface area contributed by atoms with Gasteiger partial charge in [0.1, 0.15) is 6.61 Å². The molecule has 0 atom stereocenters. The number of alkyl halides is 3. The second-order valence-corrected chi connectivity index (χ2v) is 6.07. The van der Waals surface area contributed by atoms with Gasteiger partial charge < -0.3 is 19.5 Å². The lowest BCUT2D eigenvalue weighted by molar-refractivity contribution is -0.176. The van der Waals surface area contributed by atoms with Crippen LogP contribution in [0.4, 0.5) is 18.9 Å². The topological polar surface area (TPSA) is 73.9 Å². The maximum Gasteiger partial charge on any atom is 0.411 e. The fourth-order valence-corrected chi connectivity index (χ4v) is 2.57. The summed E-state index contributed by atoms with van der Waals surface area (Å²) in [5.74, 6) is 0.0961. The molecule has 1 aliphatic heterocycles. The Bertz CT molecular complexity index is 894. The smallest absolute Gasteiger partial charge is 0.411 e. The van der Waals surface area contributed by atoms with Crippen LogP contribution in [-0.4, -0.2) is 31.3 Å². The summed E-state index contributed by atoms with van der Waals surface area (Å²) in [6.07, 6.45) is -4.39. The summed E-state index contributed by atoms with van der Waals surface area (Å²) in [5, 5.41) is 2.65. The molecule has 0 aliphatic carbocycles. The SMILES string of the molecule is CC(=O)c1cc2c(cc1NC(=O)c1ccc(COCC(F)(F)F)cc1)OCO2. The number of rotatable bonds is 6. The van der Waals surface area contributed by atoms with Crippen molar-refractivity contribution in [2.24, 2.45) is 0 Å². The molecule has 0 spiro atoms. The predicted octanol–water partition coefficient (Wildman–Crippen LogP) is 3.95. The zero-order chi connectivity index (χ0) is 20.3. The normalized spacial score (nSPS) is 12.7. The van der Waals surface area contributed by atoms with Crippen LogP contribution >= 0.6 is 0 Å². The van der Waals surface area contributed by atoms with Gasteiger partial charge in [-0.05, 0) is 30.7 Å². The Morgan fingerprint density at radius 1 is 1.11 bits per heavy atom. The molecule has 0 unspecified atom stereocenters. The van der Waals surface area contributed by atoms with Crippen molar-refractivity contribution in [3.05, 3.63) is 53.1 Å². The third kappa shape index (κ3) is 4.80. The van der Waals surface area contributed by atoms with Crippen molar-refractivity contribution in [2.45, 2.75) is 19.7 Å². The highest BCUT2D eigenvalue weighted by molar-refractivity contribution is 6.09. The Kier molecular flexibility index (Phi) is 5.55. The first-order valence-electron chi connectivity index (χ1n) is 8.22. The summed E-state index contributed by atoms with van der Waals surface area (Å²) in [6, 6.07) is 8.93. The molecule has 0 fully saturated rings. The van der Waals surface area contributed by atoms with Crippen molar-refractivity contribution < 1.29 is 37.0 Å². The molecule has 1 N–H and O–H groups in total. The first kappa shape index (κ1) is 19.7. The number of halogens is 3. The number of hydrogen-bond acceptors (Lipinski definition) is 5. The highest BCUT2D eigenvalue weighted by Gasteiger charge is 2.27. The number of hydrogen-bond donors (Lipinski definition) is 1. The minimum Gasteiger partial charge on any atom is -0.454 e. The van der Waals surface area contributed by atoms with Gasteiger partial charge in [-0.15, -0.1) is 0 Å². The molecule has 0 radical (unpaired) electrons. The number of ketones is 1. The Balaban J connectivity index is 1.69. The highest BCUT2D eigenvalue weighted by atomic mass is 19.4. The number of carbonyl (C=O) groups excluding carboxylic acids is 2. The van der Waals surface area contributed by atoms with E-state index in [2.05, 4.69) is 10.1 Å². The van der Waals surface area contributed by atoms with Crippen molar-refractivity contribution in [2.75, 3.05) is 18.7 Å². The van der Waals surface area contributed by atoms with E-state index in [0.717, 1.165) is 0 Å². The fraction of sp³-hybridized carbons (Fsp3) is 0.263. The molecule has 0 aromatic heterocycles. The molecule has 1 aliphatic rings. The molecule has 1 heterocycles. The number of anilines is 1. The molecule has 0 bridgehead atoms. The number of amides is 1. The summed E-state index contributed by atoms with van der Waals surface area (Å²) in [4.78, 5) is 24.3. The average molecular weight is 395 g/mol.